The lowest BCUT2D eigenvalue weighted by Gasteiger charge is -2.13. The second kappa shape index (κ2) is 6.49. The largest absolute Gasteiger partial charge is 0.445 e. The molecular weight excluding hydrogens is 276 g/mol. The molecule has 3 rings (SSSR count). The first-order chi connectivity index (χ1) is 10.7. The topological polar surface area (TPSA) is 63.8 Å². The number of nitrogens with zero attached hydrogens (tertiary/aromatic N) is 3. The molecule has 22 heavy (non-hydrogen) atoms. The lowest BCUT2D eigenvalue weighted by Crippen LogP contribution is -2.18. The highest BCUT2D eigenvalue weighted by molar-refractivity contribution is 5.61. The van der Waals surface area contributed by atoms with Gasteiger partial charge in [-0.3, -0.25) is 0 Å². The monoisotopic (exact) mass is 294 g/mol. The van der Waals surface area contributed by atoms with E-state index in [-0.39, 0.29) is 6.04 Å². The van der Waals surface area contributed by atoms with Crippen molar-refractivity contribution in [3.63, 3.8) is 0 Å². The van der Waals surface area contributed by atoms with Crippen LogP contribution in [0, 0.1) is 6.92 Å². The van der Waals surface area contributed by atoms with E-state index in [9.17, 15) is 0 Å². The van der Waals surface area contributed by atoms with Gasteiger partial charge < -0.3 is 9.73 Å². The van der Waals surface area contributed by atoms with Crippen LogP contribution in [0.1, 0.15) is 30.2 Å². The lowest BCUT2D eigenvalue weighted by molar-refractivity contribution is 0.432. The van der Waals surface area contributed by atoms with Gasteiger partial charge >= 0.3 is 0 Å². The molecule has 0 aliphatic rings. The van der Waals surface area contributed by atoms with Crippen LogP contribution in [0.2, 0.25) is 0 Å². The van der Waals surface area contributed by atoms with Gasteiger partial charge in [-0.2, -0.15) is 0 Å². The first-order valence-electron chi connectivity index (χ1n) is 7.22. The standard InChI is InChI=1S/C17H18N4O/c1-12-7-21-17(22-12)10-20-13(2)14-3-5-15(6-4-14)16-8-18-11-19-9-16/h3-9,11,13,20H,10H2,1-2H3. The maximum absolute atomic E-state index is 5.46. The van der Waals surface area contributed by atoms with Crippen molar-refractivity contribution in [3.05, 3.63) is 66.4 Å². The van der Waals surface area contributed by atoms with E-state index in [0.717, 1.165) is 16.9 Å². The number of hydrogen-bond acceptors (Lipinski definition) is 5. The molecule has 0 amide bonds. The minimum Gasteiger partial charge on any atom is -0.445 e. The summed E-state index contributed by atoms with van der Waals surface area (Å²) in [6.07, 6.45) is 6.90. The van der Waals surface area contributed by atoms with E-state index >= 15 is 0 Å². The van der Waals surface area contributed by atoms with E-state index in [1.807, 2.05) is 19.3 Å². The molecule has 1 N–H and O–H groups in total. The van der Waals surface area contributed by atoms with Crippen molar-refractivity contribution < 1.29 is 4.42 Å². The molecule has 0 radical (unpaired) electrons. The van der Waals surface area contributed by atoms with Gasteiger partial charge in [0.05, 0.1) is 12.7 Å². The molecule has 0 aliphatic carbocycles. The number of aromatic nitrogens is 3. The molecule has 5 nitrogen and oxygen atoms in total. The molecule has 0 fully saturated rings. The predicted octanol–water partition coefficient (Wildman–Crippen LogP) is 3.29. The highest BCUT2D eigenvalue weighted by Gasteiger charge is 2.07. The maximum atomic E-state index is 5.46. The minimum atomic E-state index is 0.216. The van der Waals surface area contributed by atoms with Crippen LogP contribution in [0.15, 0.2) is 53.6 Å². The van der Waals surface area contributed by atoms with Crippen LogP contribution in [0.3, 0.4) is 0 Å². The number of oxazole rings is 1. The summed E-state index contributed by atoms with van der Waals surface area (Å²) in [6, 6.07) is 8.61. The SMILES string of the molecule is Cc1cnc(CNC(C)c2ccc(-c3cncnc3)cc2)o1. The van der Waals surface area contributed by atoms with Gasteiger partial charge in [0.1, 0.15) is 12.1 Å². The van der Waals surface area contributed by atoms with Crippen molar-refractivity contribution in [2.45, 2.75) is 26.4 Å². The summed E-state index contributed by atoms with van der Waals surface area (Å²) >= 11 is 0. The molecule has 1 aromatic carbocycles. The van der Waals surface area contributed by atoms with E-state index < -0.39 is 0 Å². The summed E-state index contributed by atoms with van der Waals surface area (Å²) < 4.78 is 5.46. The van der Waals surface area contributed by atoms with Crippen LogP contribution in [0.25, 0.3) is 11.1 Å². The third-order valence-electron chi connectivity index (χ3n) is 3.53. The van der Waals surface area contributed by atoms with Crippen LogP contribution in [-0.2, 0) is 6.54 Å². The summed E-state index contributed by atoms with van der Waals surface area (Å²) in [7, 11) is 0. The molecule has 112 valence electrons. The van der Waals surface area contributed by atoms with E-state index in [1.54, 1.807) is 6.20 Å². The van der Waals surface area contributed by atoms with Crippen molar-refractivity contribution >= 4 is 0 Å². The molecule has 3 aromatic rings. The summed E-state index contributed by atoms with van der Waals surface area (Å²) in [4.78, 5) is 12.3. The maximum Gasteiger partial charge on any atom is 0.208 e. The lowest BCUT2D eigenvalue weighted by atomic mass is 10.0. The van der Waals surface area contributed by atoms with Gasteiger partial charge in [-0.15, -0.1) is 0 Å². The fourth-order valence-electron chi connectivity index (χ4n) is 2.25. The van der Waals surface area contributed by atoms with Crippen LogP contribution >= 0.6 is 0 Å². The van der Waals surface area contributed by atoms with Gasteiger partial charge in [-0.25, -0.2) is 15.0 Å². The Hall–Kier alpha value is -2.53. The number of nitrogens with one attached hydrogen (secondary N) is 1. The Bertz CT molecular complexity index is 722. The van der Waals surface area contributed by atoms with E-state index in [2.05, 4.69) is 51.5 Å². The van der Waals surface area contributed by atoms with Gasteiger partial charge in [-0.05, 0) is 25.0 Å². The van der Waals surface area contributed by atoms with Crippen molar-refractivity contribution in [1.82, 2.24) is 20.3 Å². The number of rotatable bonds is 5. The zero-order valence-corrected chi connectivity index (χ0v) is 12.7. The molecule has 5 heteroatoms. The molecule has 0 saturated carbocycles. The van der Waals surface area contributed by atoms with Gasteiger partial charge in [0.2, 0.25) is 5.89 Å². The Balaban J connectivity index is 1.64. The normalized spacial score (nSPS) is 12.3. The van der Waals surface area contributed by atoms with Gasteiger partial charge in [0.25, 0.3) is 0 Å². The van der Waals surface area contributed by atoms with E-state index in [4.69, 9.17) is 4.42 Å². The Morgan fingerprint density at radius 1 is 1.05 bits per heavy atom. The fraction of sp³-hybridized carbons (Fsp3) is 0.235. The first kappa shape index (κ1) is 14.4. The zero-order valence-electron chi connectivity index (χ0n) is 12.7. The van der Waals surface area contributed by atoms with Crippen molar-refractivity contribution in [2.75, 3.05) is 0 Å². The number of benzene rings is 1. The molecule has 1 unspecified atom stereocenters. The molecule has 0 saturated heterocycles. The number of hydrogen-bond donors (Lipinski definition) is 1. The van der Waals surface area contributed by atoms with Crippen molar-refractivity contribution in [3.8, 4) is 11.1 Å². The molecule has 0 bridgehead atoms. The molecule has 2 aromatic heterocycles. The third kappa shape index (κ3) is 3.38. The van der Waals surface area contributed by atoms with Gasteiger partial charge in [0, 0.05) is 24.0 Å². The Kier molecular flexibility index (Phi) is 4.25. The zero-order chi connectivity index (χ0) is 15.4. The highest BCUT2D eigenvalue weighted by Crippen LogP contribution is 2.20. The molecular formula is C17H18N4O. The Morgan fingerprint density at radius 2 is 1.77 bits per heavy atom. The molecule has 0 aliphatic heterocycles. The quantitative estimate of drug-likeness (QED) is 0.782. The van der Waals surface area contributed by atoms with Crippen LogP contribution in [0.4, 0.5) is 0 Å². The van der Waals surface area contributed by atoms with Crippen molar-refractivity contribution in [1.29, 1.82) is 0 Å². The minimum absolute atomic E-state index is 0.216. The van der Waals surface area contributed by atoms with Crippen LogP contribution < -0.4 is 5.32 Å². The second-order valence-corrected chi connectivity index (χ2v) is 5.22. The predicted molar refractivity (Wildman–Crippen MR) is 84.0 cm³/mol. The number of aryl methyl sites for hydroxylation is 1. The van der Waals surface area contributed by atoms with Gasteiger partial charge in [0.15, 0.2) is 0 Å². The molecule has 0 spiro atoms. The Morgan fingerprint density at radius 3 is 2.41 bits per heavy atom. The van der Waals surface area contributed by atoms with Crippen LogP contribution in [0.5, 0.6) is 0 Å². The average molecular weight is 294 g/mol. The average Bonchev–Trinajstić information content (AvgIpc) is 2.99. The van der Waals surface area contributed by atoms with Crippen molar-refractivity contribution in [2.24, 2.45) is 0 Å². The summed E-state index contributed by atoms with van der Waals surface area (Å²) in [5, 5.41) is 3.41. The Labute approximate surface area is 129 Å². The summed E-state index contributed by atoms with van der Waals surface area (Å²) in [6.45, 7) is 4.63. The second-order valence-electron chi connectivity index (χ2n) is 5.22. The summed E-state index contributed by atoms with van der Waals surface area (Å²) in [5.74, 6) is 1.54. The third-order valence-corrected chi connectivity index (χ3v) is 3.53. The van der Waals surface area contributed by atoms with Gasteiger partial charge in [-0.1, -0.05) is 24.3 Å². The van der Waals surface area contributed by atoms with E-state index in [1.165, 1.54) is 11.9 Å². The summed E-state index contributed by atoms with van der Waals surface area (Å²) in [5.41, 5.74) is 3.34. The highest BCUT2D eigenvalue weighted by atomic mass is 16.4. The van der Waals surface area contributed by atoms with Crippen LogP contribution in [-0.4, -0.2) is 15.0 Å². The smallest absolute Gasteiger partial charge is 0.208 e. The van der Waals surface area contributed by atoms with E-state index in [0.29, 0.717) is 12.4 Å². The first-order valence-corrected chi connectivity index (χ1v) is 7.22. The molecule has 2 heterocycles. The molecule has 1 atom stereocenters. The fourth-order valence-corrected chi connectivity index (χ4v) is 2.25.